The van der Waals surface area contributed by atoms with Gasteiger partial charge in [-0.2, -0.15) is 0 Å². The van der Waals surface area contributed by atoms with E-state index in [-0.39, 0.29) is 11.6 Å². The van der Waals surface area contributed by atoms with Gasteiger partial charge in [-0.05, 0) is 56.8 Å². The smallest absolute Gasteiger partial charge is 0.0835 e. The van der Waals surface area contributed by atoms with Crippen molar-refractivity contribution in [2.24, 2.45) is 17.1 Å². The van der Waals surface area contributed by atoms with Crippen molar-refractivity contribution in [3.63, 3.8) is 0 Å². The molecular formula is C14H27NO. The van der Waals surface area contributed by atoms with Gasteiger partial charge in [0.1, 0.15) is 0 Å². The zero-order valence-corrected chi connectivity index (χ0v) is 11.1. The second-order valence-electron chi connectivity index (χ2n) is 6.53. The lowest BCUT2D eigenvalue weighted by Crippen LogP contribution is -2.54. The molecule has 0 bridgehead atoms. The summed E-state index contributed by atoms with van der Waals surface area (Å²) in [6, 6.07) is 0.281. The van der Waals surface area contributed by atoms with E-state index in [0.29, 0.717) is 5.41 Å². The molecule has 94 valence electrons. The summed E-state index contributed by atoms with van der Waals surface area (Å²) in [4.78, 5) is 0. The summed E-state index contributed by atoms with van der Waals surface area (Å²) in [5, 5.41) is 0. The minimum Gasteiger partial charge on any atom is -0.374 e. The normalized spacial score (nSPS) is 30.0. The molecule has 2 fully saturated rings. The van der Waals surface area contributed by atoms with E-state index in [4.69, 9.17) is 10.5 Å². The van der Waals surface area contributed by atoms with Gasteiger partial charge in [-0.15, -0.1) is 0 Å². The van der Waals surface area contributed by atoms with Gasteiger partial charge < -0.3 is 10.5 Å². The average molecular weight is 225 g/mol. The number of hydrogen-bond donors (Lipinski definition) is 1. The van der Waals surface area contributed by atoms with Crippen LogP contribution in [0.1, 0.15) is 59.3 Å². The Balaban J connectivity index is 2.04. The van der Waals surface area contributed by atoms with Crippen LogP contribution < -0.4 is 5.73 Å². The lowest BCUT2D eigenvalue weighted by molar-refractivity contribution is -0.103. The van der Waals surface area contributed by atoms with Crippen LogP contribution in [0, 0.1) is 11.3 Å². The van der Waals surface area contributed by atoms with E-state index in [2.05, 4.69) is 20.8 Å². The molecule has 0 aromatic rings. The van der Waals surface area contributed by atoms with Crippen molar-refractivity contribution in [3.05, 3.63) is 0 Å². The van der Waals surface area contributed by atoms with E-state index in [1.807, 2.05) is 0 Å². The first kappa shape index (κ1) is 12.4. The predicted octanol–water partition coefficient (Wildman–Crippen LogP) is 3.10. The highest BCUT2D eigenvalue weighted by Gasteiger charge is 2.48. The van der Waals surface area contributed by atoms with Crippen molar-refractivity contribution in [1.82, 2.24) is 0 Å². The molecule has 2 aliphatic carbocycles. The third-order valence-electron chi connectivity index (χ3n) is 4.62. The number of rotatable bonds is 4. The molecule has 16 heavy (non-hydrogen) atoms. The summed E-state index contributed by atoms with van der Waals surface area (Å²) in [5.41, 5.74) is 6.93. The van der Waals surface area contributed by atoms with Gasteiger partial charge in [0.2, 0.25) is 0 Å². The molecule has 1 atom stereocenters. The molecule has 0 amide bonds. The third-order valence-corrected chi connectivity index (χ3v) is 4.62. The highest BCUT2D eigenvalue weighted by Crippen LogP contribution is 2.47. The summed E-state index contributed by atoms with van der Waals surface area (Å²) >= 11 is 0. The third kappa shape index (κ3) is 2.43. The van der Waals surface area contributed by atoms with Gasteiger partial charge >= 0.3 is 0 Å². The maximum atomic E-state index is 6.44. The van der Waals surface area contributed by atoms with Crippen LogP contribution in [0.4, 0.5) is 0 Å². The summed E-state index contributed by atoms with van der Waals surface area (Å²) in [6.07, 6.45) is 7.47. The Hall–Kier alpha value is -0.0800. The average Bonchev–Trinajstić information content (AvgIpc) is 3.04. The standard InChI is InChI=1S/C14H27NO/c1-4-16-14(12(15)11-5-6-11)9-7-13(2,3)8-10-14/h11-12H,4-10,15H2,1-3H3. The van der Waals surface area contributed by atoms with E-state index in [9.17, 15) is 0 Å². The summed E-state index contributed by atoms with van der Waals surface area (Å²) in [7, 11) is 0. The summed E-state index contributed by atoms with van der Waals surface area (Å²) < 4.78 is 6.10. The van der Waals surface area contributed by atoms with Gasteiger partial charge in [0.15, 0.2) is 0 Å². The molecule has 0 aromatic heterocycles. The number of ether oxygens (including phenoxy) is 1. The second kappa shape index (κ2) is 4.30. The van der Waals surface area contributed by atoms with Crippen molar-refractivity contribution in [3.8, 4) is 0 Å². The first-order chi connectivity index (χ1) is 7.49. The molecular weight excluding hydrogens is 198 g/mol. The van der Waals surface area contributed by atoms with Gasteiger partial charge in [0.05, 0.1) is 5.60 Å². The van der Waals surface area contributed by atoms with E-state index in [1.165, 1.54) is 25.7 Å². The topological polar surface area (TPSA) is 35.2 Å². The first-order valence-corrected chi connectivity index (χ1v) is 6.89. The maximum Gasteiger partial charge on any atom is 0.0835 e. The summed E-state index contributed by atoms with van der Waals surface area (Å²) in [6.45, 7) is 7.64. The van der Waals surface area contributed by atoms with Crippen LogP contribution in [-0.2, 0) is 4.74 Å². The lowest BCUT2D eigenvalue weighted by Gasteiger charge is -2.46. The van der Waals surface area contributed by atoms with Crippen LogP contribution in [0.2, 0.25) is 0 Å². The van der Waals surface area contributed by atoms with E-state index >= 15 is 0 Å². The zero-order chi connectivity index (χ0) is 11.8. The molecule has 0 aliphatic heterocycles. The van der Waals surface area contributed by atoms with E-state index in [0.717, 1.165) is 25.4 Å². The first-order valence-electron chi connectivity index (χ1n) is 6.89. The molecule has 0 heterocycles. The highest BCUT2D eigenvalue weighted by molar-refractivity contribution is 5.03. The molecule has 1 unspecified atom stereocenters. The Morgan fingerprint density at radius 1 is 1.19 bits per heavy atom. The van der Waals surface area contributed by atoms with Gasteiger partial charge in [-0.25, -0.2) is 0 Å². The Morgan fingerprint density at radius 3 is 2.19 bits per heavy atom. The van der Waals surface area contributed by atoms with Gasteiger partial charge in [0.25, 0.3) is 0 Å². The minimum atomic E-state index is 0.00539. The molecule has 0 spiro atoms. The van der Waals surface area contributed by atoms with Crippen molar-refractivity contribution >= 4 is 0 Å². The molecule has 0 saturated heterocycles. The van der Waals surface area contributed by atoms with Gasteiger partial charge in [0, 0.05) is 12.6 Å². The Bertz CT molecular complexity index is 235. The van der Waals surface area contributed by atoms with E-state index < -0.39 is 0 Å². The molecule has 2 rings (SSSR count). The maximum absolute atomic E-state index is 6.44. The van der Waals surface area contributed by atoms with Crippen LogP contribution in [0.15, 0.2) is 0 Å². The Morgan fingerprint density at radius 2 is 1.75 bits per heavy atom. The Kier molecular flexibility index (Phi) is 3.33. The molecule has 2 aliphatic rings. The number of hydrogen-bond acceptors (Lipinski definition) is 2. The predicted molar refractivity (Wildman–Crippen MR) is 67.3 cm³/mol. The molecule has 2 N–H and O–H groups in total. The fraction of sp³-hybridized carbons (Fsp3) is 1.00. The largest absolute Gasteiger partial charge is 0.374 e. The molecule has 0 aromatic carbocycles. The fourth-order valence-corrected chi connectivity index (χ4v) is 3.10. The number of nitrogens with two attached hydrogens (primary N) is 1. The van der Waals surface area contributed by atoms with Crippen LogP contribution in [-0.4, -0.2) is 18.2 Å². The highest BCUT2D eigenvalue weighted by atomic mass is 16.5. The second-order valence-corrected chi connectivity index (χ2v) is 6.53. The molecule has 2 heteroatoms. The van der Waals surface area contributed by atoms with Crippen LogP contribution >= 0.6 is 0 Å². The minimum absolute atomic E-state index is 0.00539. The monoisotopic (exact) mass is 225 g/mol. The Labute approximate surface area is 99.9 Å². The van der Waals surface area contributed by atoms with Gasteiger partial charge in [-0.3, -0.25) is 0 Å². The van der Waals surface area contributed by atoms with Crippen molar-refractivity contribution in [2.75, 3.05) is 6.61 Å². The van der Waals surface area contributed by atoms with Crippen molar-refractivity contribution in [2.45, 2.75) is 70.9 Å². The lowest BCUT2D eigenvalue weighted by atomic mass is 9.68. The van der Waals surface area contributed by atoms with Crippen molar-refractivity contribution < 1.29 is 4.74 Å². The molecule has 0 radical (unpaired) electrons. The van der Waals surface area contributed by atoms with Crippen LogP contribution in [0.5, 0.6) is 0 Å². The van der Waals surface area contributed by atoms with Crippen LogP contribution in [0.25, 0.3) is 0 Å². The fourth-order valence-electron chi connectivity index (χ4n) is 3.10. The summed E-state index contributed by atoms with van der Waals surface area (Å²) in [5.74, 6) is 0.743. The zero-order valence-electron chi connectivity index (χ0n) is 11.1. The van der Waals surface area contributed by atoms with Crippen molar-refractivity contribution in [1.29, 1.82) is 0 Å². The SMILES string of the molecule is CCOC1(C(N)C2CC2)CCC(C)(C)CC1. The quantitative estimate of drug-likeness (QED) is 0.798. The van der Waals surface area contributed by atoms with Crippen LogP contribution in [0.3, 0.4) is 0 Å². The molecule has 2 saturated carbocycles. The van der Waals surface area contributed by atoms with E-state index in [1.54, 1.807) is 0 Å². The molecule has 2 nitrogen and oxygen atoms in total. The van der Waals surface area contributed by atoms with Gasteiger partial charge in [-0.1, -0.05) is 13.8 Å².